The largest absolute Gasteiger partial charge is 0.248 e. The monoisotopic (exact) mass is 271 g/mol. The predicted octanol–water partition coefficient (Wildman–Crippen LogP) is 5.00. The van der Waals surface area contributed by atoms with E-state index in [4.69, 9.17) is 11.6 Å². The van der Waals surface area contributed by atoms with E-state index in [1.165, 1.54) is 12.1 Å². The van der Waals surface area contributed by atoms with Crippen LogP contribution < -0.4 is 0 Å². The minimum absolute atomic E-state index is 0.258. The second-order valence-corrected chi connectivity index (χ2v) is 4.92. The van der Waals surface area contributed by atoms with E-state index < -0.39 is 0 Å². The third-order valence-electron chi connectivity index (χ3n) is 3.05. The van der Waals surface area contributed by atoms with Gasteiger partial charge in [-0.05, 0) is 49.4 Å². The first-order chi connectivity index (χ1) is 9.13. The van der Waals surface area contributed by atoms with Crippen molar-refractivity contribution in [1.29, 1.82) is 0 Å². The van der Waals surface area contributed by atoms with Crippen molar-refractivity contribution in [2.75, 3.05) is 0 Å². The molecule has 0 amide bonds. The highest BCUT2D eigenvalue weighted by atomic mass is 35.5. The molecule has 0 fully saturated rings. The van der Waals surface area contributed by atoms with Crippen LogP contribution in [0.25, 0.3) is 22.2 Å². The lowest BCUT2D eigenvalue weighted by Crippen LogP contribution is -1.88. The Kier molecular flexibility index (Phi) is 2.96. The Morgan fingerprint density at radius 1 is 1.00 bits per heavy atom. The van der Waals surface area contributed by atoms with Gasteiger partial charge in [-0.15, -0.1) is 0 Å². The van der Waals surface area contributed by atoms with Crippen LogP contribution in [0.4, 0.5) is 4.39 Å². The predicted molar refractivity (Wildman–Crippen MR) is 76.9 cm³/mol. The average Bonchev–Trinajstić information content (AvgIpc) is 2.40. The van der Waals surface area contributed by atoms with E-state index in [1.54, 1.807) is 12.1 Å². The Morgan fingerprint density at radius 3 is 2.47 bits per heavy atom. The number of fused-ring (bicyclic) bond motifs is 1. The lowest BCUT2D eigenvalue weighted by Gasteiger charge is -2.06. The molecule has 0 aliphatic rings. The van der Waals surface area contributed by atoms with Crippen molar-refractivity contribution < 1.29 is 4.39 Å². The van der Waals surface area contributed by atoms with Crippen LogP contribution >= 0.6 is 11.6 Å². The van der Waals surface area contributed by atoms with E-state index in [9.17, 15) is 4.39 Å². The second kappa shape index (κ2) is 4.63. The van der Waals surface area contributed by atoms with Gasteiger partial charge >= 0.3 is 0 Å². The molecular formula is C16H11ClFN. The van der Waals surface area contributed by atoms with Gasteiger partial charge in [0.1, 0.15) is 5.82 Å². The normalized spacial score (nSPS) is 10.9. The summed E-state index contributed by atoms with van der Waals surface area (Å²) in [5.41, 5.74) is 3.59. The van der Waals surface area contributed by atoms with Crippen molar-refractivity contribution in [1.82, 2.24) is 4.98 Å². The number of nitrogens with zero attached hydrogens (tertiary/aromatic N) is 1. The number of rotatable bonds is 1. The summed E-state index contributed by atoms with van der Waals surface area (Å²) >= 11 is 6.30. The summed E-state index contributed by atoms with van der Waals surface area (Å²) in [6, 6.07) is 14.0. The Morgan fingerprint density at radius 2 is 1.74 bits per heavy atom. The first-order valence-electron chi connectivity index (χ1n) is 5.96. The Bertz CT molecular complexity index is 751. The van der Waals surface area contributed by atoms with Gasteiger partial charge < -0.3 is 0 Å². The molecule has 1 heterocycles. The number of halogens is 2. The Labute approximate surface area is 115 Å². The molecule has 3 rings (SSSR count). The standard InChI is InChI=1S/C16H11ClFN/c1-10-2-7-15-13(8-10)14(17)9-16(19-15)11-3-5-12(18)6-4-11/h2-9H,1H3. The quantitative estimate of drug-likeness (QED) is 0.607. The van der Waals surface area contributed by atoms with Crippen LogP contribution in [0.15, 0.2) is 48.5 Å². The van der Waals surface area contributed by atoms with Crippen molar-refractivity contribution in [3.8, 4) is 11.3 Å². The zero-order chi connectivity index (χ0) is 13.4. The fourth-order valence-electron chi connectivity index (χ4n) is 2.07. The summed E-state index contributed by atoms with van der Waals surface area (Å²) in [5, 5.41) is 1.60. The third kappa shape index (κ3) is 2.32. The van der Waals surface area contributed by atoms with Crippen molar-refractivity contribution in [2.45, 2.75) is 6.92 Å². The smallest absolute Gasteiger partial charge is 0.123 e. The van der Waals surface area contributed by atoms with Gasteiger partial charge in [0.05, 0.1) is 16.2 Å². The van der Waals surface area contributed by atoms with E-state index in [-0.39, 0.29) is 5.82 Å². The molecule has 0 saturated heterocycles. The first kappa shape index (κ1) is 12.1. The molecule has 0 N–H and O–H groups in total. The Balaban J connectivity index is 2.20. The number of benzene rings is 2. The molecule has 1 aromatic heterocycles. The summed E-state index contributed by atoms with van der Waals surface area (Å²) in [4.78, 5) is 4.57. The maximum Gasteiger partial charge on any atom is 0.123 e. The molecule has 0 atom stereocenters. The van der Waals surface area contributed by atoms with E-state index in [1.807, 2.05) is 31.2 Å². The highest BCUT2D eigenvalue weighted by Gasteiger charge is 2.06. The zero-order valence-corrected chi connectivity index (χ0v) is 11.1. The molecule has 0 unspecified atom stereocenters. The molecule has 1 nitrogen and oxygen atoms in total. The van der Waals surface area contributed by atoms with Gasteiger partial charge in [0.25, 0.3) is 0 Å². The number of pyridine rings is 1. The van der Waals surface area contributed by atoms with Crippen molar-refractivity contribution in [3.63, 3.8) is 0 Å². The molecule has 0 aliphatic carbocycles. The summed E-state index contributed by atoms with van der Waals surface area (Å²) in [7, 11) is 0. The van der Waals surface area contributed by atoms with Gasteiger partial charge in [-0.1, -0.05) is 23.2 Å². The average molecular weight is 272 g/mol. The number of hydrogen-bond donors (Lipinski definition) is 0. The highest BCUT2D eigenvalue weighted by molar-refractivity contribution is 6.35. The van der Waals surface area contributed by atoms with Crippen LogP contribution in [0.1, 0.15) is 5.56 Å². The maximum atomic E-state index is 12.9. The van der Waals surface area contributed by atoms with Crippen molar-refractivity contribution in [2.24, 2.45) is 0 Å². The molecule has 0 bridgehead atoms. The fraction of sp³-hybridized carbons (Fsp3) is 0.0625. The van der Waals surface area contributed by atoms with Crippen molar-refractivity contribution >= 4 is 22.5 Å². The van der Waals surface area contributed by atoms with E-state index in [0.29, 0.717) is 5.02 Å². The van der Waals surface area contributed by atoms with Gasteiger partial charge in [-0.3, -0.25) is 0 Å². The van der Waals surface area contributed by atoms with Crippen LogP contribution in [0.5, 0.6) is 0 Å². The molecule has 3 aromatic rings. The van der Waals surface area contributed by atoms with Crippen LogP contribution in [-0.2, 0) is 0 Å². The minimum atomic E-state index is -0.258. The van der Waals surface area contributed by atoms with Gasteiger partial charge in [-0.25, -0.2) is 9.37 Å². The lowest BCUT2D eigenvalue weighted by atomic mass is 10.1. The summed E-state index contributed by atoms with van der Waals surface area (Å²) < 4.78 is 12.9. The van der Waals surface area contributed by atoms with Gasteiger partial charge in [0.2, 0.25) is 0 Å². The molecule has 2 aromatic carbocycles. The van der Waals surface area contributed by atoms with Crippen molar-refractivity contribution in [3.05, 3.63) is 64.9 Å². The summed E-state index contributed by atoms with van der Waals surface area (Å²) in [6.07, 6.45) is 0. The number of aromatic nitrogens is 1. The molecule has 0 saturated carbocycles. The molecule has 94 valence electrons. The highest BCUT2D eigenvalue weighted by Crippen LogP contribution is 2.28. The van der Waals surface area contributed by atoms with Crippen LogP contribution in [0.3, 0.4) is 0 Å². The molecule has 0 spiro atoms. The fourth-order valence-corrected chi connectivity index (χ4v) is 2.32. The molecule has 0 aliphatic heterocycles. The zero-order valence-electron chi connectivity index (χ0n) is 10.3. The van der Waals surface area contributed by atoms with Gasteiger partial charge in [0.15, 0.2) is 0 Å². The SMILES string of the molecule is Cc1ccc2nc(-c3ccc(F)cc3)cc(Cl)c2c1. The molecule has 0 radical (unpaired) electrons. The molecular weight excluding hydrogens is 261 g/mol. The van der Waals surface area contributed by atoms with Crippen LogP contribution in [0, 0.1) is 12.7 Å². The topological polar surface area (TPSA) is 12.9 Å². The third-order valence-corrected chi connectivity index (χ3v) is 3.37. The molecule has 19 heavy (non-hydrogen) atoms. The van der Waals surface area contributed by atoms with E-state index in [2.05, 4.69) is 4.98 Å². The summed E-state index contributed by atoms with van der Waals surface area (Å²) in [6.45, 7) is 2.02. The maximum absolute atomic E-state index is 12.9. The second-order valence-electron chi connectivity index (χ2n) is 4.52. The number of aryl methyl sites for hydroxylation is 1. The molecule has 3 heteroatoms. The van der Waals surface area contributed by atoms with E-state index >= 15 is 0 Å². The van der Waals surface area contributed by atoms with Gasteiger partial charge in [-0.2, -0.15) is 0 Å². The van der Waals surface area contributed by atoms with Crippen LogP contribution in [0.2, 0.25) is 5.02 Å². The van der Waals surface area contributed by atoms with Gasteiger partial charge in [0, 0.05) is 10.9 Å². The summed E-state index contributed by atoms with van der Waals surface area (Å²) in [5.74, 6) is -0.258. The lowest BCUT2D eigenvalue weighted by molar-refractivity contribution is 0.628. The van der Waals surface area contributed by atoms with Crippen LogP contribution in [-0.4, -0.2) is 4.98 Å². The Hall–Kier alpha value is -1.93. The first-order valence-corrected chi connectivity index (χ1v) is 6.34. The minimum Gasteiger partial charge on any atom is -0.248 e. The van der Waals surface area contributed by atoms with E-state index in [0.717, 1.165) is 27.7 Å². The number of hydrogen-bond acceptors (Lipinski definition) is 1.